The van der Waals surface area contributed by atoms with Gasteiger partial charge in [0.05, 0.1) is 13.2 Å². The molecule has 1 saturated heterocycles. The van der Waals surface area contributed by atoms with Crippen molar-refractivity contribution in [2.24, 2.45) is 14.1 Å². The van der Waals surface area contributed by atoms with E-state index < -0.39 is 0 Å². The predicted octanol–water partition coefficient (Wildman–Crippen LogP) is 0.845. The molecule has 2 aromatic rings. The van der Waals surface area contributed by atoms with Crippen molar-refractivity contribution in [3.8, 4) is 0 Å². The molecule has 0 saturated carbocycles. The summed E-state index contributed by atoms with van der Waals surface area (Å²) in [6, 6.07) is 0.547. The zero-order chi connectivity index (χ0) is 18.8. The number of fused-ring (bicyclic) bond motifs is 1. The van der Waals surface area contributed by atoms with Gasteiger partial charge in [0, 0.05) is 33.8 Å². The summed E-state index contributed by atoms with van der Waals surface area (Å²) in [5.41, 5.74) is 0.277. The van der Waals surface area contributed by atoms with Crippen molar-refractivity contribution in [1.29, 1.82) is 0 Å². The molecule has 1 atom stereocenters. The van der Waals surface area contributed by atoms with Gasteiger partial charge in [-0.05, 0) is 25.8 Å². The Morgan fingerprint density at radius 2 is 1.96 bits per heavy atom. The minimum Gasteiger partial charge on any atom is -0.383 e. The lowest BCUT2D eigenvalue weighted by Crippen LogP contribution is -2.39. The number of imidazole rings is 1. The molecule has 8 nitrogen and oxygen atoms in total. The molecule has 1 aliphatic heterocycles. The quantitative estimate of drug-likeness (QED) is 0.760. The number of aryl methyl sites for hydroxylation is 1. The molecule has 0 spiro atoms. The highest BCUT2D eigenvalue weighted by Gasteiger charge is 2.25. The molecule has 3 heterocycles. The summed E-state index contributed by atoms with van der Waals surface area (Å²) in [5.74, 6) is 0.829. The normalized spacial score (nSPS) is 18.7. The largest absolute Gasteiger partial charge is 0.383 e. The van der Waals surface area contributed by atoms with Gasteiger partial charge in [0.2, 0.25) is 0 Å². The van der Waals surface area contributed by atoms with Gasteiger partial charge in [0.15, 0.2) is 11.2 Å². The molecule has 2 aromatic heterocycles. The van der Waals surface area contributed by atoms with Crippen LogP contribution >= 0.6 is 0 Å². The average molecular weight is 363 g/mol. The van der Waals surface area contributed by atoms with E-state index in [1.165, 1.54) is 30.9 Å². The minimum absolute atomic E-state index is 0.302. The Morgan fingerprint density at radius 1 is 1.19 bits per heavy atom. The standard InChI is InChI=1S/C18H29N5O3/c1-5-13-8-6-7-9-22(13)12-14-19-16-15(23(14)10-11-26-4)17(24)21(3)18(25)20(16)2/h13H,5-12H2,1-4H3. The van der Waals surface area contributed by atoms with E-state index in [0.29, 0.717) is 36.9 Å². The molecule has 0 bridgehead atoms. The highest BCUT2D eigenvalue weighted by Crippen LogP contribution is 2.22. The SMILES string of the molecule is CCC1CCCCN1Cc1nc2c(c(=O)n(C)c(=O)n2C)n1CCOC. The molecule has 26 heavy (non-hydrogen) atoms. The Morgan fingerprint density at radius 3 is 2.65 bits per heavy atom. The number of nitrogens with zero attached hydrogens (tertiary/aromatic N) is 5. The third-order valence-corrected chi connectivity index (χ3v) is 5.51. The molecule has 0 N–H and O–H groups in total. The second-order valence-electron chi connectivity index (χ2n) is 7.08. The van der Waals surface area contributed by atoms with Crippen LogP contribution in [-0.4, -0.2) is 49.9 Å². The smallest absolute Gasteiger partial charge is 0.332 e. The summed E-state index contributed by atoms with van der Waals surface area (Å²) in [5, 5.41) is 0. The third-order valence-electron chi connectivity index (χ3n) is 5.51. The number of hydrogen-bond donors (Lipinski definition) is 0. The van der Waals surface area contributed by atoms with E-state index in [2.05, 4.69) is 11.8 Å². The van der Waals surface area contributed by atoms with Crippen molar-refractivity contribution in [2.75, 3.05) is 20.3 Å². The maximum absolute atomic E-state index is 12.7. The number of piperidine rings is 1. The number of methoxy groups -OCH3 is 1. The lowest BCUT2D eigenvalue weighted by molar-refractivity contribution is 0.129. The average Bonchev–Trinajstić information content (AvgIpc) is 3.01. The van der Waals surface area contributed by atoms with E-state index >= 15 is 0 Å². The first-order valence-corrected chi connectivity index (χ1v) is 9.37. The predicted molar refractivity (Wildman–Crippen MR) is 100 cm³/mol. The summed E-state index contributed by atoms with van der Waals surface area (Å²) < 4.78 is 9.77. The fraction of sp³-hybridized carbons (Fsp3) is 0.722. The van der Waals surface area contributed by atoms with Crippen molar-refractivity contribution >= 4 is 11.2 Å². The summed E-state index contributed by atoms with van der Waals surface area (Å²) in [4.78, 5) is 32.2. The van der Waals surface area contributed by atoms with Crippen LogP contribution in [0.25, 0.3) is 11.2 Å². The lowest BCUT2D eigenvalue weighted by Gasteiger charge is -2.34. The zero-order valence-electron chi connectivity index (χ0n) is 16.2. The van der Waals surface area contributed by atoms with Crippen molar-refractivity contribution in [2.45, 2.75) is 51.7 Å². The third kappa shape index (κ3) is 3.23. The first kappa shape index (κ1) is 18.8. The molecule has 8 heteroatoms. The monoisotopic (exact) mass is 363 g/mol. The van der Waals surface area contributed by atoms with Crippen LogP contribution in [0, 0.1) is 0 Å². The molecule has 1 unspecified atom stereocenters. The molecular formula is C18H29N5O3. The molecule has 0 amide bonds. The zero-order valence-corrected chi connectivity index (χ0v) is 16.2. The topological polar surface area (TPSA) is 74.3 Å². The second-order valence-corrected chi connectivity index (χ2v) is 7.08. The molecule has 1 fully saturated rings. The first-order chi connectivity index (χ1) is 12.5. The number of likely N-dealkylation sites (tertiary alicyclic amines) is 1. The van der Waals surface area contributed by atoms with E-state index in [4.69, 9.17) is 9.72 Å². The van der Waals surface area contributed by atoms with Crippen molar-refractivity contribution in [1.82, 2.24) is 23.6 Å². The number of ether oxygens (including phenoxy) is 1. The Hall–Kier alpha value is -1.93. The Kier molecular flexibility index (Phi) is 5.62. The highest BCUT2D eigenvalue weighted by atomic mass is 16.5. The number of hydrogen-bond acceptors (Lipinski definition) is 5. The van der Waals surface area contributed by atoms with Crippen LogP contribution < -0.4 is 11.2 Å². The maximum atomic E-state index is 12.7. The summed E-state index contributed by atoms with van der Waals surface area (Å²) in [6.45, 7) is 4.98. The van der Waals surface area contributed by atoms with Crippen LogP contribution in [0.1, 0.15) is 38.4 Å². The fourth-order valence-electron chi connectivity index (χ4n) is 3.95. The minimum atomic E-state index is -0.352. The Bertz CT molecular complexity index is 895. The van der Waals surface area contributed by atoms with Crippen molar-refractivity contribution < 1.29 is 4.74 Å². The van der Waals surface area contributed by atoms with Gasteiger partial charge < -0.3 is 9.30 Å². The number of aromatic nitrogens is 4. The molecule has 3 rings (SSSR count). The van der Waals surface area contributed by atoms with Crippen LogP contribution in [0.2, 0.25) is 0 Å². The first-order valence-electron chi connectivity index (χ1n) is 9.37. The van der Waals surface area contributed by atoms with Crippen LogP contribution in [0.3, 0.4) is 0 Å². The summed E-state index contributed by atoms with van der Waals surface area (Å²) in [6.07, 6.45) is 4.77. The van der Waals surface area contributed by atoms with Gasteiger partial charge in [-0.2, -0.15) is 0 Å². The maximum Gasteiger partial charge on any atom is 0.332 e. The van der Waals surface area contributed by atoms with Crippen LogP contribution in [0.15, 0.2) is 9.59 Å². The van der Waals surface area contributed by atoms with Gasteiger partial charge in [-0.15, -0.1) is 0 Å². The van der Waals surface area contributed by atoms with Crippen LogP contribution in [-0.2, 0) is 31.9 Å². The molecule has 0 aromatic carbocycles. The van der Waals surface area contributed by atoms with Crippen LogP contribution in [0.4, 0.5) is 0 Å². The van der Waals surface area contributed by atoms with Gasteiger partial charge in [-0.25, -0.2) is 9.78 Å². The fourth-order valence-corrected chi connectivity index (χ4v) is 3.95. The Balaban J connectivity index is 2.12. The van der Waals surface area contributed by atoms with Crippen molar-refractivity contribution in [3.05, 3.63) is 26.7 Å². The van der Waals surface area contributed by atoms with Crippen molar-refractivity contribution in [3.63, 3.8) is 0 Å². The second kappa shape index (κ2) is 7.75. The van der Waals surface area contributed by atoms with Crippen LogP contribution in [0.5, 0.6) is 0 Å². The molecule has 1 aliphatic rings. The van der Waals surface area contributed by atoms with Gasteiger partial charge in [0.1, 0.15) is 5.82 Å². The van der Waals surface area contributed by atoms with Gasteiger partial charge in [-0.1, -0.05) is 13.3 Å². The molecule has 0 radical (unpaired) electrons. The van der Waals surface area contributed by atoms with E-state index in [1.54, 1.807) is 14.2 Å². The molecule has 144 valence electrons. The highest BCUT2D eigenvalue weighted by molar-refractivity contribution is 5.71. The van der Waals surface area contributed by atoms with E-state index in [1.807, 2.05) is 4.57 Å². The van der Waals surface area contributed by atoms with E-state index in [-0.39, 0.29) is 11.2 Å². The molecular weight excluding hydrogens is 334 g/mol. The van der Waals surface area contributed by atoms with E-state index in [9.17, 15) is 9.59 Å². The van der Waals surface area contributed by atoms with Gasteiger partial charge >= 0.3 is 5.69 Å². The Labute approximate surface area is 153 Å². The van der Waals surface area contributed by atoms with E-state index in [0.717, 1.165) is 23.4 Å². The van der Waals surface area contributed by atoms with Gasteiger partial charge in [0.25, 0.3) is 5.56 Å². The number of rotatable bonds is 6. The van der Waals surface area contributed by atoms with Gasteiger partial charge in [-0.3, -0.25) is 18.8 Å². The summed E-state index contributed by atoms with van der Waals surface area (Å²) >= 11 is 0. The lowest BCUT2D eigenvalue weighted by atomic mass is 10.0. The molecule has 0 aliphatic carbocycles. The summed E-state index contributed by atoms with van der Waals surface area (Å²) in [7, 11) is 4.82.